The summed E-state index contributed by atoms with van der Waals surface area (Å²) in [6.45, 7) is 7.31. The highest BCUT2D eigenvalue weighted by atomic mass is 16.5. The molecule has 1 fully saturated rings. The Kier molecular flexibility index (Phi) is 6.37. The first-order valence-electron chi connectivity index (χ1n) is 8.44. The van der Waals surface area contributed by atoms with Crippen molar-refractivity contribution in [2.24, 2.45) is 5.73 Å². The van der Waals surface area contributed by atoms with E-state index in [9.17, 15) is 0 Å². The van der Waals surface area contributed by atoms with Crippen LogP contribution in [0.5, 0.6) is 5.75 Å². The summed E-state index contributed by atoms with van der Waals surface area (Å²) in [6, 6.07) is 6.76. The lowest BCUT2D eigenvalue weighted by molar-refractivity contribution is 0.305. The molecular formula is C18H30N2O. The van der Waals surface area contributed by atoms with Gasteiger partial charge in [-0.2, -0.15) is 0 Å². The van der Waals surface area contributed by atoms with Crippen LogP contribution >= 0.6 is 0 Å². The van der Waals surface area contributed by atoms with E-state index in [-0.39, 0.29) is 0 Å². The molecule has 0 radical (unpaired) electrons. The minimum atomic E-state index is 0.313. The molecule has 0 aliphatic carbocycles. The molecule has 0 aromatic heterocycles. The van der Waals surface area contributed by atoms with Gasteiger partial charge in [-0.15, -0.1) is 0 Å². The van der Waals surface area contributed by atoms with Gasteiger partial charge in [0.2, 0.25) is 0 Å². The van der Waals surface area contributed by atoms with Gasteiger partial charge in [0.05, 0.1) is 6.61 Å². The highest BCUT2D eigenvalue weighted by Crippen LogP contribution is 2.27. The largest absolute Gasteiger partial charge is 0.494 e. The lowest BCUT2D eigenvalue weighted by atomic mass is 10.0. The third kappa shape index (κ3) is 4.92. The maximum atomic E-state index is 6.08. The van der Waals surface area contributed by atoms with E-state index in [1.54, 1.807) is 0 Å². The van der Waals surface area contributed by atoms with E-state index in [1.165, 1.54) is 36.9 Å². The number of aryl methyl sites for hydroxylation is 1. The van der Waals surface area contributed by atoms with E-state index in [0.29, 0.717) is 6.04 Å². The minimum absolute atomic E-state index is 0.313. The Bertz CT molecular complexity index is 433. The maximum absolute atomic E-state index is 6.08. The Morgan fingerprint density at radius 2 is 2.14 bits per heavy atom. The van der Waals surface area contributed by atoms with Gasteiger partial charge in [0.1, 0.15) is 5.75 Å². The van der Waals surface area contributed by atoms with Crippen molar-refractivity contribution in [3.8, 4) is 5.75 Å². The molecule has 3 heteroatoms. The topological polar surface area (TPSA) is 38.5 Å². The lowest BCUT2D eigenvalue weighted by Gasteiger charge is -2.33. The molecule has 1 heterocycles. The zero-order valence-corrected chi connectivity index (χ0v) is 13.6. The van der Waals surface area contributed by atoms with E-state index in [2.05, 4.69) is 36.9 Å². The summed E-state index contributed by atoms with van der Waals surface area (Å²) in [6.07, 6.45) is 7.32. The molecule has 0 amide bonds. The number of hydrogen-bond donors (Lipinski definition) is 1. The van der Waals surface area contributed by atoms with Crippen LogP contribution in [0.1, 0.15) is 51.0 Å². The van der Waals surface area contributed by atoms with E-state index in [0.717, 1.165) is 38.3 Å². The molecule has 1 aliphatic heterocycles. The Balaban J connectivity index is 1.88. The van der Waals surface area contributed by atoms with Crippen molar-refractivity contribution < 1.29 is 4.74 Å². The average Bonchev–Trinajstić information content (AvgIpc) is 2.47. The predicted molar refractivity (Wildman–Crippen MR) is 90.2 cm³/mol. The molecule has 2 rings (SSSR count). The first-order valence-corrected chi connectivity index (χ1v) is 8.44. The Morgan fingerprint density at radius 3 is 2.86 bits per heavy atom. The van der Waals surface area contributed by atoms with Crippen LogP contribution < -0.4 is 15.4 Å². The molecule has 2 N–H and O–H groups in total. The normalized spacial score (nSPS) is 18.8. The number of anilines is 1. The number of hydrogen-bond acceptors (Lipinski definition) is 3. The summed E-state index contributed by atoms with van der Waals surface area (Å²) in [5.74, 6) is 0.994. The summed E-state index contributed by atoms with van der Waals surface area (Å²) in [5, 5.41) is 0. The third-order valence-corrected chi connectivity index (χ3v) is 4.23. The lowest BCUT2D eigenvalue weighted by Crippen LogP contribution is -2.43. The van der Waals surface area contributed by atoms with Crippen molar-refractivity contribution in [2.45, 2.75) is 58.4 Å². The van der Waals surface area contributed by atoms with Crippen molar-refractivity contribution in [1.29, 1.82) is 0 Å². The van der Waals surface area contributed by atoms with Crippen LogP contribution in [0.2, 0.25) is 0 Å². The van der Waals surface area contributed by atoms with Gasteiger partial charge in [-0.3, -0.25) is 0 Å². The zero-order chi connectivity index (χ0) is 15.1. The number of unbranched alkanes of at least 4 members (excludes halogenated alkanes) is 3. The van der Waals surface area contributed by atoms with Gasteiger partial charge in [-0.1, -0.05) is 26.2 Å². The second-order valence-corrected chi connectivity index (χ2v) is 6.21. The first-order chi connectivity index (χ1) is 10.2. The van der Waals surface area contributed by atoms with Crippen molar-refractivity contribution >= 4 is 5.69 Å². The van der Waals surface area contributed by atoms with E-state index < -0.39 is 0 Å². The maximum Gasteiger partial charge on any atom is 0.119 e. The highest BCUT2D eigenvalue weighted by molar-refractivity contribution is 5.56. The summed E-state index contributed by atoms with van der Waals surface area (Å²) >= 11 is 0. The summed E-state index contributed by atoms with van der Waals surface area (Å²) in [5.41, 5.74) is 8.68. The smallest absolute Gasteiger partial charge is 0.119 e. The van der Waals surface area contributed by atoms with Crippen molar-refractivity contribution in [3.05, 3.63) is 23.8 Å². The number of ether oxygens (including phenoxy) is 1. The van der Waals surface area contributed by atoms with Gasteiger partial charge in [-0.05, 0) is 49.9 Å². The van der Waals surface area contributed by atoms with Crippen LogP contribution in [0, 0.1) is 6.92 Å². The summed E-state index contributed by atoms with van der Waals surface area (Å²) in [4.78, 5) is 2.41. The molecule has 0 saturated carbocycles. The number of nitrogens with zero attached hydrogens (tertiary/aromatic N) is 1. The monoisotopic (exact) mass is 290 g/mol. The molecule has 1 aliphatic rings. The van der Waals surface area contributed by atoms with Gasteiger partial charge in [-0.25, -0.2) is 0 Å². The van der Waals surface area contributed by atoms with Crippen LogP contribution in [0.15, 0.2) is 18.2 Å². The Morgan fingerprint density at radius 1 is 1.29 bits per heavy atom. The molecular weight excluding hydrogens is 260 g/mol. The van der Waals surface area contributed by atoms with Crippen LogP contribution in [0.25, 0.3) is 0 Å². The second-order valence-electron chi connectivity index (χ2n) is 6.21. The molecule has 0 spiro atoms. The fourth-order valence-corrected chi connectivity index (χ4v) is 3.02. The van der Waals surface area contributed by atoms with Crippen LogP contribution in [-0.4, -0.2) is 25.7 Å². The molecule has 0 bridgehead atoms. The van der Waals surface area contributed by atoms with E-state index in [1.807, 2.05) is 0 Å². The van der Waals surface area contributed by atoms with Crippen LogP contribution in [0.3, 0.4) is 0 Å². The van der Waals surface area contributed by atoms with Gasteiger partial charge in [0.25, 0.3) is 0 Å². The molecule has 118 valence electrons. The second kappa shape index (κ2) is 8.28. The first kappa shape index (κ1) is 16.2. The molecule has 3 nitrogen and oxygen atoms in total. The fraction of sp³-hybridized carbons (Fsp3) is 0.667. The summed E-state index contributed by atoms with van der Waals surface area (Å²) < 4.78 is 5.85. The van der Waals surface area contributed by atoms with E-state index in [4.69, 9.17) is 10.5 Å². The molecule has 21 heavy (non-hydrogen) atoms. The van der Waals surface area contributed by atoms with Gasteiger partial charge in [0, 0.05) is 24.8 Å². The van der Waals surface area contributed by atoms with Crippen molar-refractivity contribution in [2.75, 3.05) is 24.6 Å². The average molecular weight is 290 g/mol. The van der Waals surface area contributed by atoms with Crippen molar-refractivity contribution in [1.82, 2.24) is 0 Å². The Labute approximate surface area is 129 Å². The fourth-order valence-electron chi connectivity index (χ4n) is 3.02. The van der Waals surface area contributed by atoms with Crippen LogP contribution in [-0.2, 0) is 0 Å². The zero-order valence-electron chi connectivity index (χ0n) is 13.6. The molecule has 1 aromatic carbocycles. The van der Waals surface area contributed by atoms with Gasteiger partial charge >= 0.3 is 0 Å². The minimum Gasteiger partial charge on any atom is -0.494 e. The standard InChI is InChI=1S/C18H30N2O/c1-3-4-5-6-12-21-17-9-10-18(15(2)13-17)20-11-7-8-16(19)14-20/h9-10,13,16H,3-8,11-12,14,19H2,1-2H3. The SMILES string of the molecule is CCCCCCOc1ccc(N2CCCC(N)C2)c(C)c1. The third-order valence-electron chi connectivity index (χ3n) is 4.23. The Hall–Kier alpha value is -1.22. The quantitative estimate of drug-likeness (QED) is 0.774. The number of rotatable bonds is 7. The molecule has 1 unspecified atom stereocenters. The van der Waals surface area contributed by atoms with Gasteiger partial charge in [0.15, 0.2) is 0 Å². The predicted octanol–water partition coefficient (Wildman–Crippen LogP) is 3.88. The molecule has 1 aromatic rings. The van der Waals surface area contributed by atoms with Gasteiger partial charge < -0.3 is 15.4 Å². The molecule has 1 atom stereocenters. The summed E-state index contributed by atoms with van der Waals surface area (Å²) in [7, 11) is 0. The van der Waals surface area contributed by atoms with E-state index >= 15 is 0 Å². The number of benzene rings is 1. The highest BCUT2D eigenvalue weighted by Gasteiger charge is 2.18. The van der Waals surface area contributed by atoms with Crippen molar-refractivity contribution in [3.63, 3.8) is 0 Å². The van der Waals surface area contributed by atoms with Crippen LogP contribution in [0.4, 0.5) is 5.69 Å². The number of piperidine rings is 1. The number of nitrogens with two attached hydrogens (primary N) is 1. The molecule has 1 saturated heterocycles.